The number of anilines is 1. The second-order valence-electron chi connectivity index (χ2n) is 5.09. The minimum atomic E-state index is -0.199. The lowest BCUT2D eigenvalue weighted by Gasteiger charge is -2.35. The smallest absolute Gasteiger partial charge is 0.273 e. The number of rotatable bonds is 3. The second kappa shape index (κ2) is 6.18. The van der Waals surface area contributed by atoms with E-state index in [1.165, 1.54) is 6.26 Å². The van der Waals surface area contributed by atoms with Gasteiger partial charge in [0.25, 0.3) is 5.91 Å². The molecule has 1 N–H and O–H groups in total. The third-order valence-electron chi connectivity index (χ3n) is 3.62. The van der Waals surface area contributed by atoms with Gasteiger partial charge in [0.15, 0.2) is 5.69 Å². The van der Waals surface area contributed by atoms with Crippen molar-refractivity contribution in [2.24, 2.45) is 0 Å². The first-order valence-corrected chi connectivity index (χ1v) is 7.32. The highest BCUT2D eigenvalue weighted by Crippen LogP contribution is 2.27. The van der Waals surface area contributed by atoms with Gasteiger partial charge in [0.05, 0.1) is 10.7 Å². The van der Waals surface area contributed by atoms with E-state index in [2.05, 4.69) is 15.4 Å². The fourth-order valence-corrected chi connectivity index (χ4v) is 2.87. The summed E-state index contributed by atoms with van der Waals surface area (Å²) in [6, 6.07) is 9.42. The summed E-state index contributed by atoms with van der Waals surface area (Å²) in [6.07, 6.45) is 3.35. The van der Waals surface area contributed by atoms with Crippen LogP contribution in [0.4, 0.5) is 5.69 Å². The number of halogens is 1. The van der Waals surface area contributed by atoms with Crippen molar-refractivity contribution in [2.45, 2.75) is 18.9 Å². The fourth-order valence-electron chi connectivity index (χ4n) is 2.61. The minimum Gasteiger partial charge on any atom is -0.368 e. The van der Waals surface area contributed by atoms with E-state index in [1.54, 1.807) is 6.07 Å². The molecule has 3 rings (SSSR count). The largest absolute Gasteiger partial charge is 0.368 e. The molecule has 1 aromatic heterocycles. The molecule has 0 aliphatic carbocycles. The summed E-state index contributed by atoms with van der Waals surface area (Å²) < 4.78 is 4.69. The maximum Gasteiger partial charge on any atom is 0.273 e. The molecule has 1 fully saturated rings. The average molecular weight is 306 g/mol. The molecule has 1 atom stereocenters. The Labute approximate surface area is 127 Å². The van der Waals surface area contributed by atoms with Gasteiger partial charge >= 0.3 is 0 Å². The number of amides is 1. The molecule has 1 aliphatic heterocycles. The van der Waals surface area contributed by atoms with Crippen molar-refractivity contribution in [1.82, 2.24) is 10.5 Å². The lowest BCUT2D eigenvalue weighted by atomic mass is 10.0. The van der Waals surface area contributed by atoms with Crippen LogP contribution in [0.2, 0.25) is 5.02 Å². The van der Waals surface area contributed by atoms with Gasteiger partial charge in [-0.1, -0.05) is 28.9 Å². The number of hydrogen-bond acceptors (Lipinski definition) is 4. The predicted molar refractivity (Wildman–Crippen MR) is 80.7 cm³/mol. The van der Waals surface area contributed by atoms with E-state index in [4.69, 9.17) is 16.1 Å². The van der Waals surface area contributed by atoms with E-state index < -0.39 is 0 Å². The highest BCUT2D eigenvalue weighted by atomic mass is 35.5. The van der Waals surface area contributed by atoms with Crippen molar-refractivity contribution in [3.05, 3.63) is 47.3 Å². The van der Waals surface area contributed by atoms with E-state index in [0.29, 0.717) is 5.69 Å². The van der Waals surface area contributed by atoms with E-state index in [1.807, 2.05) is 24.3 Å². The molecule has 1 unspecified atom stereocenters. The number of benzene rings is 1. The molecule has 1 amide bonds. The van der Waals surface area contributed by atoms with E-state index in [0.717, 1.165) is 36.6 Å². The van der Waals surface area contributed by atoms with Crippen molar-refractivity contribution in [1.29, 1.82) is 0 Å². The van der Waals surface area contributed by atoms with Crippen molar-refractivity contribution >= 4 is 23.2 Å². The van der Waals surface area contributed by atoms with Crippen LogP contribution in [0, 0.1) is 0 Å². The number of carbonyl (C=O) groups excluding carboxylic acids is 1. The topological polar surface area (TPSA) is 58.4 Å². The number of nitrogens with one attached hydrogen (secondary N) is 1. The fraction of sp³-hybridized carbons (Fsp3) is 0.333. The minimum absolute atomic E-state index is 0.0826. The number of para-hydroxylation sites is 1. The maximum absolute atomic E-state index is 12.0. The monoisotopic (exact) mass is 305 g/mol. The molecule has 6 heteroatoms. The molecular formula is C15H16ClN3O2. The zero-order valence-electron chi connectivity index (χ0n) is 11.5. The number of nitrogens with zero attached hydrogens (tertiary/aromatic N) is 2. The van der Waals surface area contributed by atoms with Crippen LogP contribution in [0.15, 0.2) is 41.1 Å². The van der Waals surface area contributed by atoms with Crippen LogP contribution in [0.5, 0.6) is 0 Å². The Morgan fingerprint density at radius 3 is 3.00 bits per heavy atom. The third-order valence-corrected chi connectivity index (χ3v) is 3.94. The van der Waals surface area contributed by atoms with Crippen molar-refractivity contribution in [2.75, 3.05) is 18.0 Å². The molecule has 2 heterocycles. The lowest BCUT2D eigenvalue weighted by molar-refractivity contribution is 0.0924. The molecule has 110 valence electrons. The summed E-state index contributed by atoms with van der Waals surface area (Å²) in [4.78, 5) is 14.2. The van der Waals surface area contributed by atoms with Gasteiger partial charge in [-0.3, -0.25) is 4.79 Å². The quantitative estimate of drug-likeness (QED) is 0.947. The molecule has 21 heavy (non-hydrogen) atoms. The van der Waals surface area contributed by atoms with Crippen molar-refractivity contribution < 1.29 is 9.32 Å². The summed E-state index contributed by atoms with van der Waals surface area (Å²) in [7, 11) is 0. The van der Waals surface area contributed by atoms with Crippen LogP contribution in [0.3, 0.4) is 0 Å². The van der Waals surface area contributed by atoms with Crippen LogP contribution < -0.4 is 10.2 Å². The van der Waals surface area contributed by atoms with Crippen LogP contribution in [-0.2, 0) is 0 Å². The molecule has 2 aromatic rings. The Morgan fingerprint density at radius 2 is 2.24 bits per heavy atom. The van der Waals surface area contributed by atoms with Gasteiger partial charge in [-0.2, -0.15) is 0 Å². The number of piperidine rings is 1. The molecule has 0 spiro atoms. The van der Waals surface area contributed by atoms with Gasteiger partial charge in [-0.15, -0.1) is 0 Å². The van der Waals surface area contributed by atoms with Gasteiger partial charge < -0.3 is 14.7 Å². The van der Waals surface area contributed by atoms with Crippen LogP contribution in [0.25, 0.3) is 0 Å². The Bertz CT molecular complexity index is 615. The van der Waals surface area contributed by atoms with E-state index in [-0.39, 0.29) is 11.9 Å². The standard InChI is InChI=1S/C15H16ClN3O2/c16-12-5-1-2-6-14(12)19-8-3-4-11(10-19)17-15(20)13-7-9-21-18-13/h1-2,5-7,9,11H,3-4,8,10H2,(H,17,20). The molecule has 0 saturated carbocycles. The number of carbonyl (C=O) groups is 1. The Balaban J connectivity index is 1.66. The maximum atomic E-state index is 12.0. The van der Waals surface area contributed by atoms with Gasteiger partial charge in [0, 0.05) is 25.2 Å². The lowest BCUT2D eigenvalue weighted by Crippen LogP contribution is -2.48. The Hall–Kier alpha value is -2.01. The summed E-state index contributed by atoms with van der Waals surface area (Å²) >= 11 is 6.24. The van der Waals surface area contributed by atoms with Crippen LogP contribution in [0.1, 0.15) is 23.3 Å². The molecule has 0 radical (unpaired) electrons. The predicted octanol–water partition coefficient (Wildman–Crippen LogP) is 2.73. The third kappa shape index (κ3) is 3.19. The normalized spacial score (nSPS) is 18.5. The molecular weight excluding hydrogens is 290 g/mol. The van der Waals surface area contributed by atoms with Crippen LogP contribution in [-0.4, -0.2) is 30.2 Å². The van der Waals surface area contributed by atoms with Crippen molar-refractivity contribution in [3.63, 3.8) is 0 Å². The molecule has 5 nitrogen and oxygen atoms in total. The van der Waals surface area contributed by atoms with Gasteiger partial charge in [0.2, 0.25) is 0 Å². The zero-order valence-corrected chi connectivity index (χ0v) is 12.2. The summed E-state index contributed by atoms with van der Waals surface area (Å²) in [5, 5.41) is 7.38. The van der Waals surface area contributed by atoms with Crippen LogP contribution >= 0.6 is 11.6 Å². The summed E-state index contributed by atoms with van der Waals surface area (Å²) in [6.45, 7) is 1.69. The second-order valence-corrected chi connectivity index (χ2v) is 5.50. The first kappa shape index (κ1) is 13.9. The molecule has 1 aromatic carbocycles. The summed E-state index contributed by atoms with van der Waals surface area (Å²) in [5.41, 5.74) is 1.32. The molecule has 1 aliphatic rings. The number of hydrogen-bond donors (Lipinski definition) is 1. The first-order valence-electron chi connectivity index (χ1n) is 6.95. The average Bonchev–Trinajstić information content (AvgIpc) is 3.02. The highest BCUT2D eigenvalue weighted by Gasteiger charge is 2.23. The zero-order chi connectivity index (χ0) is 14.7. The van der Waals surface area contributed by atoms with Gasteiger partial charge in [-0.25, -0.2) is 0 Å². The first-order chi connectivity index (χ1) is 10.2. The Kier molecular flexibility index (Phi) is 4.10. The van der Waals surface area contributed by atoms with Gasteiger partial charge in [0.1, 0.15) is 6.26 Å². The Morgan fingerprint density at radius 1 is 1.38 bits per heavy atom. The van der Waals surface area contributed by atoms with E-state index >= 15 is 0 Å². The van der Waals surface area contributed by atoms with E-state index in [9.17, 15) is 4.79 Å². The van der Waals surface area contributed by atoms with Crippen molar-refractivity contribution in [3.8, 4) is 0 Å². The SMILES string of the molecule is O=C(NC1CCCN(c2ccccc2Cl)C1)c1ccon1. The molecule has 1 saturated heterocycles. The summed E-state index contributed by atoms with van der Waals surface area (Å²) in [5.74, 6) is -0.199. The highest BCUT2D eigenvalue weighted by molar-refractivity contribution is 6.33. The number of aromatic nitrogens is 1. The van der Waals surface area contributed by atoms with Gasteiger partial charge in [-0.05, 0) is 25.0 Å². The molecule has 0 bridgehead atoms.